The maximum atomic E-state index is 11.5. The van der Waals surface area contributed by atoms with Gasteiger partial charge < -0.3 is 0 Å². The zero-order valence-electron chi connectivity index (χ0n) is 7.03. The number of carbonyl (C=O) groups excluding carboxylic acids is 1. The molecular formula is C8H6BrN3OS. The third-order valence-corrected chi connectivity index (χ3v) is 3.27. The molecule has 0 unspecified atom stereocenters. The first kappa shape index (κ1) is 9.54. The van der Waals surface area contributed by atoms with E-state index in [1.54, 1.807) is 11.3 Å². The van der Waals surface area contributed by atoms with Gasteiger partial charge in [-0.15, -0.1) is 11.3 Å². The van der Waals surface area contributed by atoms with E-state index in [0.717, 1.165) is 8.66 Å². The first-order valence-electron chi connectivity index (χ1n) is 3.88. The van der Waals surface area contributed by atoms with Crippen molar-refractivity contribution in [2.24, 2.45) is 0 Å². The summed E-state index contributed by atoms with van der Waals surface area (Å²) in [5, 5.41) is 6.17. The molecule has 0 aliphatic heterocycles. The molecule has 1 N–H and O–H groups in total. The first-order valence-corrected chi connectivity index (χ1v) is 5.49. The van der Waals surface area contributed by atoms with Crippen molar-refractivity contribution in [2.45, 2.75) is 6.42 Å². The standard InChI is InChI=1S/C8H6BrN3OS/c9-7-2-1-5(14-7)3-6(13)8-10-4-11-12-8/h1-2,4H,3H2,(H,10,11,12). The molecule has 2 aromatic rings. The van der Waals surface area contributed by atoms with Crippen LogP contribution in [0.25, 0.3) is 0 Å². The van der Waals surface area contributed by atoms with Crippen LogP contribution in [0.15, 0.2) is 22.2 Å². The van der Waals surface area contributed by atoms with Gasteiger partial charge in [-0.1, -0.05) is 0 Å². The highest BCUT2D eigenvalue weighted by molar-refractivity contribution is 9.11. The van der Waals surface area contributed by atoms with Gasteiger partial charge in [0.25, 0.3) is 0 Å². The minimum Gasteiger partial charge on any atom is -0.290 e. The lowest BCUT2D eigenvalue weighted by atomic mass is 10.2. The molecule has 0 saturated heterocycles. The maximum absolute atomic E-state index is 11.5. The third kappa shape index (κ3) is 2.08. The minimum atomic E-state index is -0.0446. The summed E-state index contributed by atoms with van der Waals surface area (Å²) in [4.78, 5) is 16.4. The van der Waals surface area contributed by atoms with Crippen molar-refractivity contribution in [3.05, 3.63) is 32.9 Å². The Balaban J connectivity index is 2.09. The number of Topliss-reactive ketones (excluding diaryl/α,β-unsaturated/α-hetero) is 1. The second-order valence-corrected chi connectivity index (χ2v) is 5.19. The zero-order chi connectivity index (χ0) is 9.97. The predicted molar refractivity (Wildman–Crippen MR) is 56.4 cm³/mol. The van der Waals surface area contributed by atoms with Crippen LogP contribution in [-0.2, 0) is 6.42 Å². The molecule has 0 amide bonds. The highest BCUT2D eigenvalue weighted by Gasteiger charge is 2.10. The van der Waals surface area contributed by atoms with Crippen molar-refractivity contribution in [3.63, 3.8) is 0 Å². The van der Waals surface area contributed by atoms with Gasteiger partial charge in [-0.25, -0.2) is 4.98 Å². The number of aromatic amines is 1. The van der Waals surface area contributed by atoms with E-state index in [2.05, 4.69) is 31.1 Å². The van der Waals surface area contributed by atoms with Gasteiger partial charge in [0.2, 0.25) is 5.78 Å². The lowest BCUT2D eigenvalue weighted by Crippen LogP contribution is -2.04. The van der Waals surface area contributed by atoms with E-state index in [-0.39, 0.29) is 5.78 Å². The van der Waals surface area contributed by atoms with E-state index in [9.17, 15) is 4.79 Å². The number of H-pyrrole nitrogens is 1. The monoisotopic (exact) mass is 271 g/mol. The highest BCUT2D eigenvalue weighted by atomic mass is 79.9. The van der Waals surface area contributed by atoms with Crippen molar-refractivity contribution in [1.82, 2.24) is 15.2 Å². The quantitative estimate of drug-likeness (QED) is 0.870. The third-order valence-electron chi connectivity index (χ3n) is 1.64. The number of thiophene rings is 1. The fourth-order valence-electron chi connectivity index (χ4n) is 1.03. The van der Waals surface area contributed by atoms with Gasteiger partial charge in [-0.2, -0.15) is 5.10 Å². The summed E-state index contributed by atoms with van der Waals surface area (Å²) < 4.78 is 1.03. The van der Waals surface area contributed by atoms with Crippen LogP contribution in [0.4, 0.5) is 0 Å². The number of halogens is 1. The Hall–Kier alpha value is -1.01. The molecule has 2 heterocycles. The number of ketones is 1. The van der Waals surface area contributed by atoms with Crippen LogP contribution in [0.5, 0.6) is 0 Å². The normalized spacial score (nSPS) is 10.4. The summed E-state index contributed by atoms with van der Waals surface area (Å²) in [6.45, 7) is 0. The average Bonchev–Trinajstić information content (AvgIpc) is 2.75. The molecule has 0 aliphatic rings. The molecule has 0 saturated carbocycles. The van der Waals surface area contributed by atoms with Crippen molar-refractivity contribution in [1.29, 1.82) is 0 Å². The van der Waals surface area contributed by atoms with Crippen LogP contribution < -0.4 is 0 Å². The summed E-state index contributed by atoms with van der Waals surface area (Å²) in [5.41, 5.74) is 0. The molecular weight excluding hydrogens is 266 g/mol. The van der Waals surface area contributed by atoms with Crippen LogP contribution in [0.1, 0.15) is 15.5 Å². The van der Waals surface area contributed by atoms with Crippen molar-refractivity contribution >= 4 is 33.0 Å². The Bertz CT molecular complexity index is 437. The minimum absolute atomic E-state index is 0.0446. The van der Waals surface area contributed by atoms with Crippen molar-refractivity contribution in [3.8, 4) is 0 Å². The molecule has 0 aromatic carbocycles. The fourth-order valence-corrected chi connectivity index (χ4v) is 2.51. The van der Waals surface area contributed by atoms with Gasteiger partial charge in [-0.3, -0.25) is 9.89 Å². The number of hydrogen-bond donors (Lipinski definition) is 1. The molecule has 0 fully saturated rings. The van der Waals surface area contributed by atoms with Crippen molar-refractivity contribution in [2.75, 3.05) is 0 Å². The second kappa shape index (κ2) is 4.02. The van der Waals surface area contributed by atoms with Gasteiger partial charge in [0.15, 0.2) is 5.82 Å². The summed E-state index contributed by atoms with van der Waals surface area (Å²) in [6.07, 6.45) is 1.70. The molecule has 0 atom stereocenters. The Labute approximate surface area is 92.5 Å². The number of carbonyl (C=O) groups is 1. The molecule has 72 valence electrons. The predicted octanol–water partition coefficient (Wildman–Crippen LogP) is 2.05. The number of hydrogen-bond acceptors (Lipinski definition) is 4. The molecule has 0 radical (unpaired) electrons. The number of rotatable bonds is 3. The second-order valence-electron chi connectivity index (χ2n) is 2.64. The first-order chi connectivity index (χ1) is 6.75. The molecule has 0 spiro atoms. The molecule has 2 rings (SSSR count). The van der Waals surface area contributed by atoms with Crippen molar-refractivity contribution < 1.29 is 4.79 Å². The van der Waals surface area contributed by atoms with Gasteiger partial charge >= 0.3 is 0 Å². The summed E-state index contributed by atoms with van der Waals surface area (Å²) in [7, 11) is 0. The van der Waals surface area contributed by atoms with Crippen LogP contribution >= 0.6 is 27.3 Å². The summed E-state index contributed by atoms with van der Waals surface area (Å²) in [5.74, 6) is 0.270. The molecule has 2 aromatic heterocycles. The Morgan fingerprint density at radius 2 is 2.43 bits per heavy atom. The van der Waals surface area contributed by atoms with Crippen LogP contribution in [0, 0.1) is 0 Å². The zero-order valence-corrected chi connectivity index (χ0v) is 9.43. The average molecular weight is 272 g/mol. The highest BCUT2D eigenvalue weighted by Crippen LogP contribution is 2.22. The number of nitrogens with zero attached hydrogens (tertiary/aromatic N) is 2. The van der Waals surface area contributed by atoms with Crippen LogP contribution in [-0.4, -0.2) is 21.0 Å². The van der Waals surface area contributed by atoms with Gasteiger partial charge in [-0.05, 0) is 28.1 Å². The Morgan fingerprint density at radius 1 is 1.57 bits per heavy atom. The summed E-state index contributed by atoms with van der Waals surface area (Å²) in [6, 6.07) is 3.84. The van der Waals surface area contributed by atoms with E-state index >= 15 is 0 Å². The van der Waals surface area contributed by atoms with E-state index in [0.29, 0.717) is 12.2 Å². The lowest BCUT2D eigenvalue weighted by Gasteiger charge is -1.92. The van der Waals surface area contributed by atoms with Crippen LogP contribution in [0.3, 0.4) is 0 Å². The van der Waals surface area contributed by atoms with E-state index in [4.69, 9.17) is 0 Å². The maximum Gasteiger partial charge on any atom is 0.204 e. The fraction of sp³-hybridized carbons (Fsp3) is 0.125. The summed E-state index contributed by atoms with van der Waals surface area (Å²) >= 11 is 4.89. The molecule has 0 aliphatic carbocycles. The number of aromatic nitrogens is 3. The molecule has 0 bridgehead atoms. The van der Waals surface area contributed by atoms with Gasteiger partial charge in [0.05, 0.1) is 3.79 Å². The molecule has 14 heavy (non-hydrogen) atoms. The number of nitrogens with one attached hydrogen (secondary N) is 1. The molecule has 6 heteroatoms. The van der Waals surface area contributed by atoms with Crippen LogP contribution in [0.2, 0.25) is 0 Å². The van der Waals surface area contributed by atoms with Gasteiger partial charge in [0, 0.05) is 11.3 Å². The largest absolute Gasteiger partial charge is 0.290 e. The lowest BCUT2D eigenvalue weighted by molar-refractivity contribution is 0.0984. The van der Waals surface area contributed by atoms with E-state index in [1.165, 1.54) is 6.33 Å². The van der Waals surface area contributed by atoms with Gasteiger partial charge in [0.1, 0.15) is 6.33 Å². The molecule has 4 nitrogen and oxygen atoms in total. The Kier molecular flexibility index (Phi) is 2.74. The topological polar surface area (TPSA) is 58.6 Å². The van der Waals surface area contributed by atoms with E-state index < -0.39 is 0 Å². The SMILES string of the molecule is O=C(Cc1ccc(Br)s1)c1ncn[nH]1. The van der Waals surface area contributed by atoms with E-state index in [1.807, 2.05) is 12.1 Å². The Morgan fingerprint density at radius 3 is 3.00 bits per heavy atom. The smallest absolute Gasteiger partial charge is 0.204 e.